The summed E-state index contributed by atoms with van der Waals surface area (Å²) >= 11 is 3.44. The Kier molecular flexibility index (Phi) is 5.95. The summed E-state index contributed by atoms with van der Waals surface area (Å²) in [6, 6.07) is 6.17. The molecule has 0 radical (unpaired) electrons. The summed E-state index contributed by atoms with van der Waals surface area (Å²) in [5, 5.41) is 0. The maximum atomic E-state index is 5.65. The van der Waals surface area contributed by atoms with E-state index in [1.807, 2.05) is 12.1 Å². The van der Waals surface area contributed by atoms with Gasteiger partial charge >= 0.3 is 0 Å². The van der Waals surface area contributed by atoms with Crippen LogP contribution in [0.3, 0.4) is 0 Å². The number of hydrogen-bond acceptors (Lipinski definition) is 3. The van der Waals surface area contributed by atoms with Crippen molar-refractivity contribution >= 4 is 15.9 Å². The van der Waals surface area contributed by atoms with E-state index in [0.717, 1.165) is 28.6 Å². The van der Waals surface area contributed by atoms with Gasteiger partial charge in [0.25, 0.3) is 0 Å². The first kappa shape index (κ1) is 14.5. The normalized spacial score (nSPS) is 14.4. The van der Waals surface area contributed by atoms with Gasteiger partial charge in [0.1, 0.15) is 5.75 Å². The highest BCUT2D eigenvalue weighted by Gasteiger charge is 2.17. The van der Waals surface area contributed by atoms with E-state index < -0.39 is 0 Å². The molecule has 1 aromatic rings. The van der Waals surface area contributed by atoms with E-state index in [0.29, 0.717) is 5.92 Å². The number of hydrogen-bond donors (Lipinski definition) is 2. The molecule has 1 aromatic carbocycles. The highest BCUT2D eigenvalue weighted by Crippen LogP contribution is 2.31. The second-order valence-electron chi connectivity index (χ2n) is 4.35. The lowest BCUT2D eigenvalue weighted by atomic mass is 9.94. The molecule has 0 saturated heterocycles. The molecule has 1 rings (SSSR count). The highest BCUT2D eigenvalue weighted by molar-refractivity contribution is 9.10. The summed E-state index contributed by atoms with van der Waals surface area (Å²) in [5.41, 5.74) is 3.99. The summed E-state index contributed by atoms with van der Waals surface area (Å²) in [5.74, 6) is 7.15. The Labute approximate surface area is 112 Å². The highest BCUT2D eigenvalue weighted by atomic mass is 79.9. The zero-order valence-corrected chi connectivity index (χ0v) is 12.3. The predicted molar refractivity (Wildman–Crippen MR) is 74.8 cm³/mol. The van der Waals surface area contributed by atoms with Crippen LogP contribution in [-0.2, 0) is 0 Å². The monoisotopic (exact) mass is 300 g/mol. The van der Waals surface area contributed by atoms with Crippen molar-refractivity contribution in [2.45, 2.75) is 32.7 Å². The average Bonchev–Trinajstić information content (AvgIpc) is 2.35. The molecule has 0 bridgehead atoms. The standard InChI is InChI=1S/C13H21BrN2O/c1-4-9(2)7-12(16-15)11-6-5-10(14)8-13(11)17-3/h5-6,8-9,12,16H,4,7,15H2,1-3H3. The Morgan fingerprint density at radius 2 is 2.18 bits per heavy atom. The third kappa shape index (κ3) is 3.98. The van der Waals surface area contributed by atoms with E-state index in [2.05, 4.69) is 41.3 Å². The second-order valence-corrected chi connectivity index (χ2v) is 5.27. The van der Waals surface area contributed by atoms with E-state index in [4.69, 9.17) is 10.6 Å². The number of ether oxygens (including phenoxy) is 1. The Morgan fingerprint density at radius 1 is 1.47 bits per heavy atom. The smallest absolute Gasteiger partial charge is 0.124 e. The maximum absolute atomic E-state index is 5.65. The minimum Gasteiger partial charge on any atom is -0.496 e. The summed E-state index contributed by atoms with van der Waals surface area (Å²) in [6.07, 6.45) is 2.15. The lowest BCUT2D eigenvalue weighted by Crippen LogP contribution is -2.29. The Bertz CT molecular complexity index is 357. The van der Waals surface area contributed by atoms with Crippen molar-refractivity contribution in [1.82, 2.24) is 5.43 Å². The minimum absolute atomic E-state index is 0.132. The molecule has 0 fully saturated rings. The first-order valence-electron chi connectivity index (χ1n) is 5.91. The van der Waals surface area contributed by atoms with Crippen molar-refractivity contribution in [2.75, 3.05) is 7.11 Å². The minimum atomic E-state index is 0.132. The number of methoxy groups -OCH3 is 1. The number of halogens is 1. The van der Waals surface area contributed by atoms with Gasteiger partial charge in [-0.15, -0.1) is 0 Å². The third-order valence-electron chi connectivity index (χ3n) is 3.11. The van der Waals surface area contributed by atoms with Gasteiger partial charge in [-0.25, -0.2) is 0 Å². The van der Waals surface area contributed by atoms with Crippen molar-refractivity contribution in [3.05, 3.63) is 28.2 Å². The molecule has 96 valence electrons. The van der Waals surface area contributed by atoms with E-state index >= 15 is 0 Å². The van der Waals surface area contributed by atoms with Gasteiger partial charge in [-0.2, -0.15) is 0 Å². The Morgan fingerprint density at radius 3 is 2.71 bits per heavy atom. The van der Waals surface area contributed by atoms with Gasteiger partial charge in [0, 0.05) is 16.1 Å². The van der Waals surface area contributed by atoms with Crippen molar-refractivity contribution in [2.24, 2.45) is 11.8 Å². The molecule has 0 amide bonds. The molecule has 4 heteroatoms. The van der Waals surface area contributed by atoms with Crippen molar-refractivity contribution in [3.8, 4) is 5.75 Å². The topological polar surface area (TPSA) is 47.3 Å². The summed E-state index contributed by atoms with van der Waals surface area (Å²) in [4.78, 5) is 0. The largest absolute Gasteiger partial charge is 0.496 e. The zero-order valence-electron chi connectivity index (χ0n) is 10.7. The van der Waals surface area contributed by atoms with Crippen LogP contribution < -0.4 is 16.0 Å². The number of rotatable bonds is 6. The fraction of sp³-hybridized carbons (Fsp3) is 0.538. The first-order chi connectivity index (χ1) is 8.12. The molecule has 0 aliphatic rings. The number of nitrogens with one attached hydrogen (secondary N) is 1. The molecular formula is C13H21BrN2O. The maximum Gasteiger partial charge on any atom is 0.124 e. The molecule has 17 heavy (non-hydrogen) atoms. The number of nitrogens with two attached hydrogens (primary N) is 1. The molecule has 0 aliphatic heterocycles. The van der Waals surface area contributed by atoms with Gasteiger partial charge in [0.2, 0.25) is 0 Å². The van der Waals surface area contributed by atoms with Crippen molar-refractivity contribution < 1.29 is 4.74 Å². The fourth-order valence-electron chi connectivity index (χ4n) is 1.83. The van der Waals surface area contributed by atoms with E-state index in [-0.39, 0.29) is 6.04 Å². The van der Waals surface area contributed by atoms with Gasteiger partial charge in [-0.1, -0.05) is 42.3 Å². The van der Waals surface area contributed by atoms with Crippen molar-refractivity contribution in [1.29, 1.82) is 0 Å². The van der Waals surface area contributed by atoms with Gasteiger partial charge in [-0.05, 0) is 24.5 Å². The van der Waals surface area contributed by atoms with Crippen LogP contribution >= 0.6 is 15.9 Å². The Hall–Kier alpha value is -0.580. The van der Waals surface area contributed by atoms with Crippen LogP contribution in [-0.4, -0.2) is 7.11 Å². The van der Waals surface area contributed by atoms with E-state index in [1.165, 1.54) is 0 Å². The SMILES string of the molecule is CCC(C)CC(NN)c1ccc(Br)cc1OC. The summed E-state index contributed by atoms with van der Waals surface area (Å²) in [6.45, 7) is 4.42. The molecule has 0 aromatic heterocycles. The molecule has 0 spiro atoms. The average molecular weight is 301 g/mol. The molecule has 0 heterocycles. The number of hydrazine groups is 1. The van der Waals surface area contributed by atoms with E-state index in [9.17, 15) is 0 Å². The summed E-state index contributed by atoms with van der Waals surface area (Å²) < 4.78 is 6.41. The molecule has 0 saturated carbocycles. The quantitative estimate of drug-likeness (QED) is 0.625. The zero-order chi connectivity index (χ0) is 12.8. The van der Waals surface area contributed by atoms with Crippen LogP contribution in [0.1, 0.15) is 38.3 Å². The summed E-state index contributed by atoms with van der Waals surface area (Å²) in [7, 11) is 1.68. The molecule has 2 unspecified atom stereocenters. The molecular weight excluding hydrogens is 280 g/mol. The van der Waals surface area contributed by atoms with Gasteiger partial charge in [0.15, 0.2) is 0 Å². The lowest BCUT2D eigenvalue weighted by molar-refractivity contribution is 0.373. The predicted octanol–water partition coefficient (Wildman–Crippen LogP) is 3.40. The molecule has 3 N–H and O–H groups in total. The molecule has 3 nitrogen and oxygen atoms in total. The number of benzene rings is 1. The van der Waals surface area contributed by atoms with Crippen LogP contribution in [0.4, 0.5) is 0 Å². The lowest BCUT2D eigenvalue weighted by Gasteiger charge is -2.22. The van der Waals surface area contributed by atoms with E-state index in [1.54, 1.807) is 7.11 Å². The Balaban J connectivity index is 2.94. The van der Waals surface area contributed by atoms with Crippen LogP contribution in [0.2, 0.25) is 0 Å². The van der Waals surface area contributed by atoms with Crippen LogP contribution in [0.15, 0.2) is 22.7 Å². The fourth-order valence-corrected chi connectivity index (χ4v) is 2.17. The first-order valence-corrected chi connectivity index (χ1v) is 6.71. The van der Waals surface area contributed by atoms with Gasteiger partial charge in [0.05, 0.1) is 7.11 Å². The second kappa shape index (κ2) is 6.99. The molecule has 2 atom stereocenters. The van der Waals surface area contributed by atoms with Gasteiger partial charge < -0.3 is 4.74 Å². The van der Waals surface area contributed by atoms with Gasteiger partial charge in [-0.3, -0.25) is 11.3 Å². The van der Waals surface area contributed by atoms with Crippen molar-refractivity contribution in [3.63, 3.8) is 0 Å². The van der Waals surface area contributed by atoms with Crippen LogP contribution in [0, 0.1) is 5.92 Å². The van der Waals surface area contributed by atoms with Crippen LogP contribution in [0.25, 0.3) is 0 Å². The van der Waals surface area contributed by atoms with Crippen LogP contribution in [0.5, 0.6) is 5.75 Å². The third-order valence-corrected chi connectivity index (χ3v) is 3.60. The molecule has 0 aliphatic carbocycles.